The predicted octanol–water partition coefficient (Wildman–Crippen LogP) is 3.15. The number of amides is 1. The van der Waals surface area contributed by atoms with E-state index in [1.54, 1.807) is 4.90 Å². The van der Waals surface area contributed by atoms with Crippen LogP contribution in [0.15, 0.2) is 12.5 Å². The number of nitrogens with two attached hydrogens (primary N) is 1. The quantitative estimate of drug-likeness (QED) is 0.903. The molecule has 0 saturated carbocycles. The SMILES string of the molecule is CCc1cn(C2CCN(C(=O)OC(C)(C)C)CC2)c2ncnc(N)c12. The van der Waals surface area contributed by atoms with E-state index in [-0.39, 0.29) is 6.09 Å². The first kappa shape index (κ1) is 17.5. The molecule has 0 aliphatic carbocycles. The Morgan fingerprint density at radius 3 is 2.60 bits per heavy atom. The topological polar surface area (TPSA) is 86.3 Å². The molecule has 7 nitrogen and oxygen atoms in total. The zero-order valence-electron chi connectivity index (χ0n) is 15.5. The molecule has 0 atom stereocenters. The van der Waals surface area contributed by atoms with Gasteiger partial charge in [0.25, 0.3) is 0 Å². The third kappa shape index (κ3) is 3.55. The molecule has 136 valence electrons. The lowest BCUT2D eigenvalue weighted by Crippen LogP contribution is -2.42. The highest BCUT2D eigenvalue weighted by Gasteiger charge is 2.28. The number of likely N-dealkylation sites (tertiary alicyclic amines) is 1. The number of hydrogen-bond donors (Lipinski definition) is 1. The van der Waals surface area contributed by atoms with Gasteiger partial charge in [-0.05, 0) is 45.6 Å². The van der Waals surface area contributed by atoms with Gasteiger partial charge in [-0.3, -0.25) is 0 Å². The van der Waals surface area contributed by atoms with Gasteiger partial charge in [0, 0.05) is 25.3 Å². The number of rotatable bonds is 2. The van der Waals surface area contributed by atoms with Crippen molar-refractivity contribution in [1.29, 1.82) is 0 Å². The van der Waals surface area contributed by atoms with Crippen LogP contribution in [0, 0.1) is 0 Å². The number of hydrogen-bond acceptors (Lipinski definition) is 5. The first-order valence-corrected chi connectivity index (χ1v) is 8.88. The van der Waals surface area contributed by atoms with Crippen LogP contribution in [0.2, 0.25) is 0 Å². The van der Waals surface area contributed by atoms with Gasteiger partial charge in [0.1, 0.15) is 23.4 Å². The average molecular weight is 345 g/mol. The highest BCUT2D eigenvalue weighted by atomic mass is 16.6. The third-order valence-corrected chi connectivity index (χ3v) is 4.61. The normalized spacial score (nSPS) is 16.4. The van der Waals surface area contributed by atoms with Crippen molar-refractivity contribution < 1.29 is 9.53 Å². The number of nitrogen functional groups attached to an aromatic ring is 1. The fourth-order valence-electron chi connectivity index (χ4n) is 3.39. The third-order valence-electron chi connectivity index (χ3n) is 4.61. The average Bonchev–Trinajstić information content (AvgIpc) is 2.93. The Labute approximate surface area is 148 Å². The molecule has 0 radical (unpaired) electrons. The van der Waals surface area contributed by atoms with E-state index in [0.717, 1.165) is 30.3 Å². The molecule has 0 aromatic carbocycles. The number of fused-ring (bicyclic) bond motifs is 1. The summed E-state index contributed by atoms with van der Waals surface area (Å²) in [6.45, 7) is 9.14. The molecule has 3 rings (SSSR count). The molecule has 3 heterocycles. The molecular formula is C18H27N5O2. The van der Waals surface area contributed by atoms with Gasteiger partial charge in [0.15, 0.2) is 0 Å². The summed E-state index contributed by atoms with van der Waals surface area (Å²) in [6.07, 6.45) is 6.06. The zero-order chi connectivity index (χ0) is 18.2. The molecule has 0 bridgehead atoms. The first-order chi connectivity index (χ1) is 11.8. The van der Waals surface area contributed by atoms with Crippen LogP contribution < -0.4 is 5.73 Å². The highest BCUT2D eigenvalue weighted by Crippen LogP contribution is 2.31. The Balaban J connectivity index is 1.77. The van der Waals surface area contributed by atoms with Crippen molar-refractivity contribution in [1.82, 2.24) is 19.4 Å². The molecule has 1 aliphatic heterocycles. The lowest BCUT2D eigenvalue weighted by molar-refractivity contribution is 0.0189. The van der Waals surface area contributed by atoms with Gasteiger partial charge in [-0.25, -0.2) is 14.8 Å². The maximum Gasteiger partial charge on any atom is 0.410 e. The number of carbonyl (C=O) groups is 1. The first-order valence-electron chi connectivity index (χ1n) is 8.88. The minimum absolute atomic E-state index is 0.232. The molecular weight excluding hydrogens is 318 g/mol. The van der Waals surface area contributed by atoms with Crippen LogP contribution in [0.25, 0.3) is 11.0 Å². The summed E-state index contributed by atoms with van der Waals surface area (Å²) in [5, 5.41) is 0.958. The van der Waals surface area contributed by atoms with Crippen molar-refractivity contribution in [2.75, 3.05) is 18.8 Å². The molecule has 7 heteroatoms. The molecule has 0 unspecified atom stereocenters. The molecule has 1 aliphatic rings. The van der Waals surface area contributed by atoms with E-state index in [9.17, 15) is 4.79 Å². The molecule has 1 fully saturated rings. The van der Waals surface area contributed by atoms with Gasteiger partial charge in [0.2, 0.25) is 0 Å². The van der Waals surface area contributed by atoms with Crippen molar-refractivity contribution in [3.05, 3.63) is 18.1 Å². The van der Waals surface area contributed by atoms with E-state index in [2.05, 4.69) is 27.7 Å². The van der Waals surface area contributed by atoms with E-state index in [0.29, 0.717) is 24.9 Å². The molecule has 2 aromatic rings. The van der Waals surface area contributed by atoms with E-state index in [4.69, 9.17) is 10.5 Å². The molecule has 0 spiro atoms. The summed E-state index contributed by atoms with van der Waals surface area (Å²) < 4.78 is 7.68. The summed E-state index contributed by atoms with van der Waals surface area (Å²) in [5.74, 6) is 0.534. The van der Waals surface area contributed by atoms with E-state index >= 15 is 0 Å². The van der Waals surface area contributed by atoms with E-state index in [1.165, 1.54) is 11.9 Å². The number of nitrogens with zero attached hydrogens (tertiary/aromatic N) is 4. The summed E-state index contributed by atoms with van der Waals surface area (Å²) in [7, 11) is 0. The van der Waals surface area contributed by atoms with Crippen LogP contribution in [0.5, 0.6) is 0 Å². The monoisotopic (exact) mass is 345 g/mol. The summed E-state index contributed by atoms with van der Waals surface area (Å²) in [6, 6.07) is 0.302. The summed E-state index contributed by atoms with van der Waals surface area (Å²) >= 11 is 0. The number of anilines is 1. The number of carbonyl (C=O) groups excluding carboxylic acids is 1. The largest absolute Gasteiger partial charge is 0.444 e. The van der Waals surface area contributed by atoms with Crippen molar-refractivity contribution in [3.8, 4) is 0 Å². The Morgan fingerprint density at radius 1 is 1.32 bits per heavy atom. The molecule has 1 saturated heterocycles. The van der Waals surface area contributed by atoms with Crippen LogP contribution in [0.4, 0.5) is 10.6 Å². The Morgan fingerprint density at radius 2 is 2.00 bits per heavy atom. The smallest absolute Gasteiger partial charge is 0.410 e. The van der Waals surface area contributed by atoms with Crippen LogP contribution in [0.1, 0.15) is 52.1 Å². The predicted molar refractivity (Wildman–Crippen MR) is 97.4 cm³/mol. The second-order valence-corrected chi connectivity index (χ2v) is 7.57. The lowest BCUT2D eigenvalue weighted by atomic mass is 10.1. The molecule has 2 N–H and O–H groups in total. The highest BCUT2D eigenvalue weighted by molar-refractivity contribution is 5.89. The second-order valence-electron chi connectivity index (χ2n) is 7.57. The van der Waals surface area contributed by atoms with Gasteiger partial charge < -0.3 is 19.9 Å². The number of aromatic nitrogens is 3. The lowest BCUT2D eigenvalue weighted by Gasteiger charge is -2.34. The van der Waals surface area contributed by atoms with Gasteiger partial charge in [0.05, 0.1) is 5.39 Å². The van der Waals surface area contributed by atoms with Gasteiger partial charge in [-0.1, -0.05) is 6.92 Å². The van der Waals surface area contributed by atoms with Gasteiger partial charge >= 0.3 is 6.09 Å². The van der Waals surface area contributed by atoms with Crippen LogP contribution in [0.3, 0.4) is 0 Å². The minimum atomic E-state index is -0.463. The Bertz CT molecular complexity index is 770. The van der Waals surface area contributed by atoms with Gasteiger partial charge in [-0.15, -0.1) is 0 Å². The standard InChI is InChI=1S/C18H27N5O2/c1-5-12-10-23(16-14(12)15(19)20-11-21-16)13-6-8-22(9-7-13)17(24)25-18(2,3)4/h10-11,13H,5-9H2,1-4H3,(H2,19,20,21). The van der Waals surface area contributed by atoms with Gasteiger partial charge in [-0.2, -0.15) is 0 Å². The fraction of sp³-hybridized carbons (Fsp3) is 0.611. The van der Waals surface area contributed by atoms with Crippen LogP contribution in [-0.2, 0) is 11.2 Å². The van der Waals surface area contributed by atoms with E-state index in [1.807, 2.05) is 20.8 Å². The molecule has 25 heavy (non-hydrogen) atoms. The second kappa shape index (κ2) is 6.54. The maximum atomic E-state index is 12.2. The van der Waals surface area contributed by atoms with Crippen LogP contribution in [-0.4, -0.2) is 44.2 Å². The zero-order valence-corrected chi connectivity index (χ0v) is 15.5. The number of piperidine rings is 1. The Kier molecular flexibility index (Phi) is 4.58. The Hall–Kier alpha value is -2.31. The number of aryl methyl sites for hydroxylation is 1. The van der Waals surface area contributed by atoms with Crippen molar-refractivity contribution in [2.24, 2.45) is 0 Å². The molecule has 2 aromatic heterocycles. The number of ether oxygens (including phenoxy) is 1. The van der Waals surface area contributed by atoms with Crippen molar-refractivity contribution >= 4 is 22.9 Å². The summed E-state index contributed by atoms with van der Waals surface area (Å²) in [5.41, 5.74) is 7.66. The van der Waals surface area contributed by atoms with Crippen molar-refractivity contribution in [2.45, 2.75) is 58.6 Å². The maximum absolute atomic E-state index is 12.2. The minimum Gasteiger partial charge on any atom is -0.444 e. The van der Waals surface area contributed by atoms with Crippen LogP contribution >= 0.6 is 0 Å². The summed E-state index contributed by atoms with van der Waals surface area (Å²) in [4.78, 5) is 22.6. The van der Waals surface area contributed by atoms with Crippen molar-refractivity contribution in [3.63, 3.8) is 0 Å². The van der Waals surface area contributed by atoms with E-state index < -0.39 is 5.60 Å². The molecule has 1 amide bonds. The fourth-order valence-corrected chi connectivity index (χ4v) is 3.39.